The van der Waals surface area contributed by atoms with Gasteiger partial charge in [-0.25, -0.2) is 9.67 Å². The smallest absolute Gasteiger partial charge is 0.386 e. The van der Waals surface area contributed by atoms with Gasteiger partial charge in [0, 0.05) is 0 Å². The second kappa shape index (κ2) is 6.16. The van der Waals surface area contributed by atoms with Gasteiger partial charge in [-0.15, -0.1) is 0 Å². The zero-order valence-corrected chi connectivity index (χ0v) is 13.0. The lowest BCUT2D eigenvalue weighted by Gasteiger charge is -2.28. The molecule has 2 rings (SSSR count). The van der Waals surface area contributed by atoms with Crippen molar-refractivity contribution in [1.29, 1.82) is 0 Å². The lowest BCUT2D eigenvalue weighted by atomic mass is 9.86. The monoisotopic (exact) mass is 325 g/mol. The van der Waals surface area contributed by atoms with Crippen LogP contribution in [0.15, 0.2) is 36.9 Å². The molecule has 0 aliphatic rings. The molecular formula is C16H18F3N3O. The van der Waals surface area contributed by atoms with Crippen LogP contribution in [0.5, 0.6) is 0 Å². The number of aliphatic hydroxyl groups excluding tert-OH is 1. The number of rotatable bonds is 3. The molecule has 1 aromatic carbocycles. The quantitative estimate of drug-likeness (QED) is 0.936. The molecule has 0 spiro atoms. The third-order valence-corrected chi connectivity index (χ3v) is 3.35. The number of alkyl halides is 3. The molecule has 2 aromatic rings. The number of halogens is 3. The fourth-order valence-electron chi connectivity index (χ4n) is 2.10. The summed E-state index contributed by atoms with van der Waals surface area (Å²) in [5.74, 6) is 0. The molecule has 7 heteroatoms. The third kappa shape index (κ3) is 3.98. The van der Waals surface area contributed by atoms with Crippen LogP contribution in [-0.4, -0.2) is 26.0 Å². The number of aromatic nitrogens is 3. The van der Waals surface area contributed by atoms with Gasteiger partial charge < -0.3 is 5.11 Å². The first kappa shape index (κ1) is 17.2. The van der Waals surface area contributed by atoms with E-state index in [1.54, 1.807) is 20.8 Å². The number of aliphatic hydroxyl groups is 1. The molecule has 0 fully saturated rings. The van der Waals surface area contributed by atoms with Crippen molar-refractivity contribution in [3.05, 3.63) is 48.0 Å². The van der Waals surface area contributed by atoms with Crippen molar-refractivity contribution in [2.45, 2.75) is 33.1 Å². The Labute approximate surface area is 132 Å². The van der Waals surface area contributed by atoms with Crippen LogP contribution < -0.4 is 0 Å². The normalized spacial score (nSPS) is 14.8. The predicted octanol–water partition coefficient (Wildman–Crippen LogP) is 3.70. The van der Waals surface area contributed by atoms with E-state index in [-0.39, 0.29) is 11.3 Å². The summed E-state index contributed by atoms with van der Waals surface area (Å²) in [6.45, 7) is 5.37. The van der Waals surface area contributed by atoms with Gasteiger partial charge in [-0.05, 0) is 23.1 Å². The van der Waals surface area contributed by atoms with Crippen LogP contribution in [0.25, 0.3) is 11.8 Å². The summed E-state index contributed by atoms with van der Waals surface area (Å²) in [5, 5.41) is 14.5. The van der Waals surface area contributed by atoms with Crippen molar-refractivity contribution in [3.8, 4) is 0 Å². The van der Waals surface area contributed by atoms with Gasteiger partial charge in [0.1, 0.15) is 18.8 Å². The van der Waals surface area contributed by atoms with Gasteiger partial charge in [0.15, 0.2) is 0 Å². The van der Waals surface area contributed by atoms with E-state index in [2.05, 4.69) is 10.1 Å². The average molecular weight is 325 g/mol. The van der Waals surface area contributed by atoms with Gasteiger partial charge in [-0.1, -0.05) is 39.0 Å². The maximum atomic E-state index is 13.1. The highest BCUT2D eigenvalue weighted by Gasteiger charge is 2.33. The maximum absolute atomic E-state index is 13.1. The minimum Gasteiger partial charge on any atom is -0.386 e. The van der Waals surface area contributed by atoms with Gasteiger partial charge in [0.05, 0.1) is 11.3 Å². The maximum Gasteiger partial charge on any atom is 0.416 e. The molecular weight excluding hydrogens is 307 g/mol. The largest absolute Gasteiger partial charge is 0.416 e. The highest BCUT2D eigenvalue weighted by molar-refractivity contribution is 5.74. The molecule has 124 valence electrons. The third-order valence-electron chi connectivity index (χ3n) is 3.35. The van der Waals surface area contributed by atoms with Crippen LogP contribution in [0.1, 0.15) is 31.9 Å². The van der Waals surface area contributed by atoms with Crippen LogP contribution in [-0.2, 0) is 6.18 Å². The van der Waals surface area contributed by atoms with E-state index < -0.39 is 23.3 Å². The van der Waals surface area contributed by atoms with Crippen molar-refractivity contribution in [3.63, 3.8) is 0 Å². The van der Waals surface area contributed by atoms with Gasteiger partial charge in [0.25, 0.3) is 0 Å². The van der Waals surface area contributed by atoms with E-state index in [0.29, 0.717) is 0 Å². The fourth-order valence-corrected chi connectivity index (χ4v) is 2.10. The molecule has 1 heterocycles. The lowest BCUT2D eigenvalue weighted by molar-refractivity contribution is -0.137. The Hall–Kier alpha value is -2.15. The summed E-state index contributed by atoms with van der Waals surface area (Å²) < 4.78 is 40.7. The summed E-state index contributed by atoms with van der Waals surface area (Å²) in [4.78, 5) is 3.80. The molecule has 0 amide bonds. The summed E-state index contributed by atoms with van der Waals surface area (Å²) >= 11 is 0. The van der Waals surface area contributed by atoms with Crippen molar-refractivity contribution in [2.24, 2.45) is 5.41 Å². The van der Waals surface area contributed by atoms with E-state index in [1.165, 1.54) is 41.6 Å². The molecule has 0 aliphatic carbocycles. The zero-order chi connectivity index (χ0) is 17.3. The lowest BCUT2D eigenvalue weighted by Crippen LogP contribution is -2.29. The fraction of sp³-hybridized carbons (Fsp3) is 0.375. The first-order valence-electron chi connectivity index (χ1n) is 7.01. The Bertz CT molecular complexity index is 685. The number of hydrogen-bond donors (Lipinski definition) is 1. The molecule has 0 saturated heterocycles. The first-order valence-corrected chi connectivity index (χ1v) is 7.01. The van der Waals surface area contributed by atoms with E-state index in [1.807, 2.05) is 0 Å². The Balaban J connectivity index is 2.60. The highest BCUT2D eigenvalue weighted by atomic mass is 19.4. The van der Waals surface area contributed by atoms with Crippen molar-refractivity contribution < 1.29 is 18.3 Å². The van der Waals surface area contributed by atoms with Crippen LogP contribution in [0.2, 0.25) is 0 Å². The molecule has 0 radical (unpaired) electrons. The molecule has 0 saturated carbocycles. The van der Waals surface area contributed by atoms with Crippen molar-refractivity contribution in [2.75, 3.05) is 0 Å². The van der Waals surface area contributed by atoms with E-state index in [0.717, 1.165) is 6.07 Å². The van der Waals surface area contributed by atoms with Crippen LogP contribution >= 0.6 is 0 Å². The Morgan fingerprint density at radius 1 is 1.22 bits per heavy atom. The predicted molar refractivity (Wildman–Crippen MR) is 81.1 cm³/mol. The first-order chi connectivity index (χ1) is 10.6. The summed E-state index contributed by atoms with van der Waals surface area (Å²) in [6, 6.07) is 5.21. The topological polar surface area (TPSA) is 50.9 Å². The van der Waals surface area contributed by atoms with Crippen LogP contribution in [0.4, 0.5) is 13.2 Å². The molecule has 0 aliphatic heterocycles. The molecule has 1 aromatic heterocycles. The molecule has 1 atom stereocenters. The second-order valence-electron chi connectivity index (χ2n) is 6.26. The number of nitrogens with zero attached hydrogens (tertiary/aromatic N) is 3. The van der Waals surface area contributed by atoms with E-state index in [4.69, 9.17) is 0 Å². The zero-order valence-electron chi connectivity index (χ0n) is 13.0. The number of hydrogen-bond acceptors (Lipinski definition) is 3. The summed E-state index contributed by atoms with van der Waals surface area (Å²) in [5.41, 5.74) is -1.15. The molecule has 23 heavy (non-hydrogen) atoms. The second-order valence-corrected chi connectivity index (χ2v) is 6.26. The molecule has 4 nitrogen and oxygen atoms in total. The van der Waals surface area contributed by atoms with Gasteiger partial charge in [-0.3, -0.25) is 0 Å². The van der Waals surface area contributed by atoms with Gasteiger partial charge >= 0.3 is 6.18 Å². The molecule has 0 bridgehead atoms. The minimum atomic E-state index is -4.48. The highest BCUT2D eigenvalue weighted by Crippen LogP contribution is 2.35. The van der Waals surface area contributed by atoms with Crippen molar-refractivity contribution >= 4 is 11.8 Å². The van der Waals surface area contributed by atoms with Crippen LogP contribution in [0, 0.1) is 5.41 Å². The average Bonchev–Trinajstić information content (AvgIpc) is 2.96. The molecule has 1 unspecified atom stereocenters. The van der Waals surface area contributed by atoms with Gasteiger partial charge in [-0.2, -0.15) is 18.3 Å². The van der Waals surface area contributed by atoms with E-state index in [9.17, 15) is 18.3 Å². The standard InChI is InChI=1S/C16H18F3N3O/c1-15(2,3)14(23)13(22-10-20-9-21-22)8-11-6-4-5-7-12(11)16(17,18)19/h4-10,14,23H,1-3H3. The number of benzene rings is 1. The SMILES string of the molecule is CC(C)(C)C(O)C(=Cc1ccccc1C(F)(F)F)n1cncn1. The van der Waals surface area contributed by atoms with Crippen molar-refractivity contribution in [1.82, 2.24) is 14.8 Å². The molecule has 1 N–H and O–H groups in total. The minimum absolute atomic E-state index is 0.0335. The Morgan fingerprint density at radius 3 is 2.39 bits per heavy atom. The van der Waals surface area contributed by atoms with Gasteiger partial charge in [0.2, 0.25) is 0 Å². The summed E-state index contributed by atoms with van der Waals surface area (Å²) in [6.07, 6.45) is -1.60. The Kier molecular flexibility index (Phi) is 4.61. The van der Waals surface area contributed by atoms with E-state index >= 15 is 0 Å². The Morgan fingerprint density at radius 2 is 1.87 bits per heavy atom. The summed E-state index contributed by atoms with van der Waals surface area (Å²) in [7, 11) is 0. The van der Waals surface area contributed by atoms with Crippen LogP contribution in [0.3, 0.4) is 0 Å².